The third-order valence-corrected chi connectivity index (χ3v) is 4.37. The zero-order chi connectivity index (χ0) is 15.7. The summed E-state index contributed by atoms with van der Waals surface area (Å²) in [5.74, 6) is 0. The van der Waals surface area contributed by atoms with Crippen molar-refractivity contribution in [3.05, 3.63) is 64.0 Å². The number of nitro benzene ring substituents is 1. The number of non-ortho nitro benzene ring substituents is 1. The number of nitro groups is 1. The first-order chi connectivity index (χ1) is 10.6. The van der Waals surface area contributed by atoms with Crippen molar-refractivity contribution in [2.75, 3.05) is 13.6 Å². The van der Waals surface area contributed by atoms with Crippen LogP contribution in [0, 0.1) is 10.1 Å². The molecule has 2 heterocycles. The third-order valence-electron chi connectivity index (χ3n) is 3.93. The number of nitrogens with zero attached hydrogens (tertiary/aromatic N) is 3. The Morgan fingerprint density at radius 2 is 2.05 bits per heavy atom. The highest BCUT2D eigenvalue weighted by Gasteiger charge is 2.30. The smallest absolute Gasteiger partial charge is 0.269 e. The number of thiocarbonyl (C=S) groups is 1. The van der Waals surface area contributed by atoms with Crippen molar-refractivity contribution >= 4 is 23.0 Å². The van der Waals surface area contributed by atoms with E-state index in [1.165, 1.54) is 12.1 Å². The molecule has 1 atom stereocenters. The van der Waals surface area contributed by atoms with E-state index < -0.39 is 0 Å². The van der Waals surface area contributed by atoms with Crippen molar-refractivity contribution in [1.82, 2.24) is 14.8 Å². The lowest BCUT2D eigenvalue weighted by Gasteiger charge is -2.38. The molecule has 0 amide bonds. The molecule has 1 aliphatic heterocycles. The maximum absolute atomic E-state index is 10.8. The molecule has 1 N–H and O–H groups in total. The molecule has 0 spiro atoms. The molecule has 1 aliphatic rings. The summed E-state index contributed by atoms with van der Waals surface area (Å²) in [6.07, 6.45) is 2.05. The molecule has 0 saturated heterocycles. The number of aromatic nitrogens is 1. The van der Waals surface area contributed by atoms with Gasteiger partial charge in [-0.25, -0.2) is 0 Å². The number of fused-ring (bicyclic) bond motifs is 1. The summed E-state index contributed by atoms with van der Waals surface area (Å²) < 4.78 is 2.20. The zero-order valence-electron chi connectivity index (χ0n) is 12.1. The molecule has 0 unspecified atom stereocenters. The number of benzene rings is 1. The average molecular weight is 316 g/mol. The van der Waals surface area contributed by atoms with E-state index in [4.69, 9.17) is 12.2 Å². The first-order valence-electron chi connectivity index (χ1n) is 6.99. The normalized spacial score (nSPS) is 17.0. The Hall–Kier alpha value is -2.41. The second kappa shape index (κ2) is 5.76. The van der Waals surface area contributed by atoms with E-state index in [1.54, 1.807) is 12.1 Å². The minimum Gasteiger partial charge on any atom is -0.366 e. The topological polar surface area (TPSA) is 63.3 Å². The Balaban J connectivity index is 2.03. The molecule has 1 aromatic heterocycles. The summed E-state index contributed by atoms with van der Waals surface area (Å²) in [6.45, 7) is 1.66. The van der Waals surface area contributed by atoms with Gasteiger partial charge >= 0.3 is 0 Å². The molecule has 2 aromatic rings. The number of nitrogens with one attached hydrogen (secondary N) is 1. The molecule has 6 nitrogen and oxygen atoms in total. The van der Waals surface area contributed by atoms with E-state index in [-0.39, 0.29) is 16.7 Å². The highest BCUT2D eigenvalue weighted by Crippen LogP contribution is 2.33. The molecule has 3 rings (SSSR count). The van der Waals surface area contributed by atoms with Crippen LogP contribution in [0.25, 0.3) is 0 Å². The quantitative estimate of drug-likeness (QED) is 0.523. The van der Waals surface area contributed by atoms with Crippen LogP contribution in [0.3, 0.4) is 0 Å². The van der Waals surface area contributed by atoms with Crippen LogP contribution in [0.4, 0.5) is 5.69 Å². The highest BCUT2D eigenvalue weighted by molar-refractivity contribution is 7.80. The summed E-state index contributed by atoms with van der Waals surface area (Å²) in [5.41, 5.74) is 2.22. The fourth-order valence-corrected chi connectivity index (χ4v) is 3.07. The van der Waals surface area contributed by atoms with Gasteiger partial charge in [0.2, 0.25) is 0 Å². The van der Waals surface area contributed by atoms with Crippen LogP contribution in [0.15, 0.2) is 42.6 Å². The summed E-state index contributed by atoms with van der Waals surface area (Å²) in [4.78, 5) is 12.6. The fourth-order valence-electron chi connectivity index (χ4n) is 2.87. The second-order valence-corrected chi connectivity index (χ2v) is 5.51. The van der Waals surface area contributed by atoms with Crippen molar-refractivity contribution in [2.24, 2.45) is 0 Å². The van der Waals surface area contributed by atoms with Crippen LogP contribution in [0.5, 0.6) is 0 Å². The first kappa shape index (κ1) is 14.5. The van der Waals surface area contributed by atoms with E-state index in [2.05, 4.69) is 20.9 Å². The molecule has 0 radical (unpaired) electrons. The molecule has 7 heteroatoms. The van der Waals surface area contributed by atoms with Crippen molar-refractivity contribution in [3.63, 3.8) is 0 Å². The maximum atomic E-state index is 10.8. The first-order valence-corrected chi connectivity index (χ1v) is 7.40. The van der Waals surface area contributed by atoms with E-state index in [9.17, 15) is 10.1 Å². The van der Waals surface area contributed by atoms with Gasteiger partial charge in [-0.05, 0) is 42.0 Å². The highest BCUT2D eigenvalue weighted by atomic mass is 32.1. The van der Waals surface area contributed by atoms with Gasteiger partial charge in [-0.15, -0.1) is 0 Å². The lowest BCUT2D eigenvalue weighted by Crippen LogP contribution is -2.46. The van der Waals surface area contributed by atoms with E-state index in [1.807, 2.05) is 19.3 Å². The second-order valence-electron chi connectivity index (χ2n) is 5.13. The van der Waals surface area contributed by atoms with Crippen molar-refractivity contribution in [1.29, 1.82) is 0 Å². The third kappa shape index (κ3) is 2.43. The summed E-state index contributed by atoms with van der Waals surface area (Å²) >= 11 is 5.42. The Morgan fingerprint density at radius 1 is 1.32 bits per heavy atom. The Labute approximate surface area is 133 Å². The van der Waals surface area contributed by atoms with Crippen molar-refractivity contribution < 1.29 is 4.92 Å². The van der Waals surface area contributed by atoms with Gasteiger partial charge in [-0.1, -0.05) is 0 Å². The van der Waals surface area contributed by atoms with Gasteiger partial charge in [0, 0.05) is 44.2 Å². The minimum atomic E-state index is -0.386. The lowest BCUT2D eigenvalue weighted by molar-refractivity contribution is -0.384. The summed E-state index contributed by atoms with van der Waals surface area (Å²) in [5, 5.41) is 14.5. The van der Waals surface area contributed by atoms with Crippen LogP contribution in [0.2, 0.25) is 0 Å². The molecule has 0 fully saturated rings. The van der Waals surface area contributed by atoms with E-state index in [0.717, 1.165) is 24.3 Å². The minimum absolute atomic E-state index is 0.0375. The van der Waals surface area contributed by atoms with Gasteiger partial charge in [0.05, 0.1) is 11.0 Å². The molecular weight excluding hydrogens is 300 g/mol. The van der Waals surface area contributed by atoms with Gasteiger partial charge in [0.1, 0.15) is 0 Å². The zero-order valence-corrected chi connectivity index (χ0v) is 12.9. The number of hydrogen-bond donors (Lipinski definition) is 1. The molecule has 114 valence electrons. The average Bonchev–Trinajstić information content (AvgIpc) is 3.01. The van der Waals surface area contributed by atoms with E-state index in [0.29, 0.717) is 5.11 Å². The summed E-state index contributed by atoms with van der Waals surface area (Å²) in [6, 6.07) is 10.7. The Kier molecular flexibility index (Phi) is 3.81. The van der Waals surface area contributed by atoms with Gasteiger partial charge < -0.3 is 14.8 Å². The molecule has 22 heavy (non-hydrogen) atoms. The van der Waals surface area contributed by atoms with Crippen LogP contribution in [-0.2, 0) is 6.54 Å². The van der Waals surface area contributed by atoms with Gasteiger partial charge in [-0.2, -0.15) is 0 Å². The SMILES string of the molecule is CNC(=S)N1CCn2cccc2[C@@H]1c1ccc([N+](=O)[O-])cc1. The van der Waals surface area contributed by atoms with Crippen LogP contribution >= 0.6 is 12.2 Å². The van der Waals surface area contributed by atoms with Crippen molar-refractivity contribution in [2.45, 2.75) is 12.6 Å². The maximum Gasteiger partial charge on any atom is 0.269 e. The Bertz CT molecular complexity index is 711. The van der Waals surface area contributed by atoms with Gasteiger partial charge in [0.15, 0.2) is 5.11 Å². The number of hydrogen-bond acceptors (Lipinski definition) is 3. The lowest BCUT2D eigenvalue weighted by atomic mass is 10.00. The summed E-state index contributed by atoms with van der Waals surface area (Å²) in [7, 11) is 1.81. The largest absolute Gasteiger partial charge is 0.366 e. The predicted molar refractivity (Wildman–Crippen MR) is 87.7 cm³/mol. The van der Waals surface area contributed by atoms with Gasteiger partial charge in [-0.3, -0.25) is 10.1 Å². The van der Waals surface area contributed by atoms with Crippen LogP contribution < -0.4 is 5.32 Å². The number of rotatable bonds is 2. The van der Waals surface area contributed by atoms with Crippen molar-refractivity contribution in [3.8, 4) is 0 Å². The standard InChI is InChI=1S/C15H16N4O2S/c1-16-15(22)18-10-9-17-8-2-3-13(17)14(18)11-4-6-12(7-5-11)19(20)21/h2-8,14H,9-10H2,1H3,(H,16,22)/t14-/m0/s1. The van der Waals surface area contributed by atoms with Crippen LogP contribution in [-0.4, -0.2) is 33.1 Å². The molecule has 0 saturated carbocycles. The Morgan fingerprint density at radius 3 is 2.68 bits per heavy atom. The predicted octanol–water partition coefficient (Wildman–Crippen LogP) is 2.31. The fraction of sp³-hybridized carbons (Fsp3) is 0.267. The monoisotopic (exact) mass is 316 g/mol. The molecule has 0 bridgehead atoms. The van der Waals surface area contributed by atoms with Crippen LogP contribution in [0.1, 0.15) is 17.3 Å². The molecule has 0 aliphatic carbocycles. The molecular formula is C15H16N4O2S. The molecule has 1 aromatic carbocycles. The van der Waals surface area contributed by atoms with E-state index >= 15 is 0 Å². The van der Waals surface area contributed by atoms with Gasteiger partial charge in [0.25, 0.3) is 5.69 Å².